The normalized spacial score (nSPS) is 10.6. The first-order chi connectivity index (χ1) is 14.0. The lowest BCUT2D eigenvalue weighted by Crippen LogP contribution is -2.18. The molecule has 0 aliphatic heterocycles. The fourth-order valence-corrected chi connectivity index (χ4v) is 4.18. The van der Waals surface area contributed by atoms with Crippen LogP contribution in [0.15, 0.2) is 58.8 Å². The second-order valence-corrected chi connectivity index (χ2v) is 8.53. The topological polar surface area (TPSA) is 62.3 Å². The van der Waals surface area contributed by atoms with E-state index in [0.717, 1.165) is 39.3 Å². The average Bonchev–Trinajstić information content (AvgIpc) is 3.17. The van der Waals surface area contributed by atoms with Crippen LogP contribution in [0.1, 0.15) is 18.2 Å². The Kier molecular flexibility index (Phi) is 7.06. The summed E-state index contributed by atoms with van der Waals surface area (Å²) in [6, 6.07) is 15.6. The van der Waals surface area contributed by atoms with Crippen LogP contribution in [-0.2, 0) is 17.6 Å². The molecule has 1 aromatic heterocycles. The summed E-state index contributed by atoms with van der Waals surface area (Å²) in [6.45, 7) is 2.13. The second-order valence-electron chi connectivity index (χ2n) is 6.68. The van der Waals surface area contributed by atoms with Gasteiger partial charge in [0.05, 0.1) is 17.8 Å². The van der Waals surface area contributed by atoms with E-state index in [-0.39, 0.29) is 17.6 Å². The summed E-state index contributed by atoms with van der Waals surface area (Å²) in [5.74, 6) is -0.159. The van der Waals surface area contributed by atoms with Crippen LogP contribution >= 0.6 is 23.1 Å². The van der Waals surface area contributed by atoms with Gasteiger partial charge in [-0.2, -0.15) is 0 Å². The lowest BCUT2D eigenvalue weighted by atomic mass is 10.1. The van der Waals surface area contributed by atoms with Gasteiger partial charge in [0.15, 0.2) is 0 Å². The Morgan fingerprint density at radius 1 is 1.10 bits per heavy atom. The van der Waals surface area contributed by atoms with Gasteiger partial charge in [-0.3, -0.25) is 9.59 Å². The Bertz CT molecular complexity index is 997. The van der Waals surface area contributed by atoms with Crippen molar-refractivity contribution in [3.05, 3.63) is 65.2 Å². The van der Waals surface area contributed by atoms with Gasteiger partial charge in [0, 0.05) is 29.9 Å². The van der Waals surface area contributed by atoms with Crippen molar-refractivity contribution < 1.29 is 9.59 Å². The third-order valence-corrected chi connectivity index (χ3v) is 6.28. The van der Waals surface area contributed by atoms with Crippen LogP contribution in [0.3, 0.4) is 0 Å². The molecule has 0 bridgehead atoms. The highest BCUT2D eigenvalue weighted by Gasteiger charge is 2.14. The van der Waals surface area contributed by atoms with E-state index in [9.17, 15) is 9.59 Å². The van der Waals surface area contributed by atoms with Crippen molar-refractivity contribution in [2.75, 3.05) is 19.4 Å². The van der Waals surface area contributed by atoms with Gasteiger partial charge in [0.2, 0.25) is 5.91 Å². The molecule has 1 N–H and O–H groups in total. The number of rotatable bonds is 6. The minimum atomic E-state index is -0.159. The predicted octanol–water partition coefficient (Wildman–Crippen LogP) is 5.33. The summed E-state index contributed by atoms with van der Waals surface area (Å²) in [4.78, 5) is 31.3. The number of anilines is 1. The summed E-state index contributed by atoms with van der Waals surface area (Å²) in [5, 5.41) is 5.63. The van der Waals surface area contributed by atoms with Crippen molar-refractivity contribution in [1.29, 1.82) is 0 Å². The maximum absolute atomic E-state index is 12.5. The Balaban J connectivity index is 1.66. The molecule has 1 heterocycles. The molecule has 2 aromatic carbocycles. The van der Waals surface area contributed by atoms with Crippen molar-refractivity contribution in [3.63, 3.8) is 0 Å². The number of hydrogen-bond donors (Lipinski definition) is 1. The number of carbonyl (C=O) groups excluding carboxylic acids is 2. The molecule has 0 atom stereocenters. The number of nitrogens with one attached hydrogen (secondary N) is 1. The molecular formula is C22H23N3O2S2. The van der Waals surface area contributed by atoms with Crippen molar-refractivity contribution in [3.8, 4) is 10.6 Å². The van der Waals surface area contributed by atoms with Gasteiger partial charge in [-0.25, -0.2) is 4.98 Å². The summed E-state index contributed by atoms with van der Waals surface area (Å²) >= 11 is 2.62. The third-order valence-electron chi connectivity index (χ3n) is 4.23. The molecule has 7 heteroatoms. The predicted molar refractivity (Wildman–Crippen MR) is 121 cm³/mol. The highest BCUT2D eigenvalue weighted by molar-refractivity contribution is 8.13. The number of thioether (sulfide) groups is 1. The van der Waals surface area contributed by atoms with Crippen LogP contribution in [0.25, 0.3) is 10.6 Å². The number of amides is 2. The molecule has 0 aliphatic carbocycles. The lowest BCUT2D eigenvalue weighted by molar-refractivity contribution is -0.115. The van der Waals surface area contributed by atoms with E-state index in [1.165, 1.54) is 21.8 Å². The van der Waals surface area contributed by atoms with Crippen molar-refractivity contribution in [1.82, 2.24) is 9.88 Å². The Morgan fingerprint density at radius 3 is 2.52 bits per heavy atom. The fraction of sp³-hybridized carbons (Fsp3) is 0.227. The monoisotopic (exact) mass is 425 g/mol. The maximum atomic E-state index is 12.5. The van der Waals surface area contributed by atoms with Gasteiger partial charge in [-0.1, -0.05) is 43.3 Å². The van der Waals surface area contributed by atoms with Crippen LogP contribution in [-0.4, -0.2) is 35.1 Å². The van der Waals surface area contributed by atoms with E-state index in [1.54, 1.807) is 20.2 Å². The van der Waals surface area contributed by atoms with E-state index in [0.29, 0.717) is 5.69 Å². The first-order valence-electron chi connectivity index (χ1n) is 9.28. The average molecular weight is 426 g/mol. The van der Waals surface area contributed by atoms with Gasteiger partial charge >= 0.3 is 0 Å². The SMILES string of the molecule is CCc1ccc(-c2nc(CC(=O)Nc3ccccc3SC(=O)N(C)C)cs2)cc1. The molecule has 29 heavy (non-hydrogen) atoms. The minimum Gasteiger partial charge on any atom is -0.339 e. The van der Waals surface area contributed by atoms with Crippen LogP contribution in [0, 0.1) is 0 Å². The molecule has 3 aromatic rings. The molecular weight excluding hydrogens is 402 g/mol. The Hall–Kier alpha value is -2.64. The third kappa shape index (κ3) is 5.68. The van der Waals surface area contributed by atoms with E-state index in [4.69, 9.17) is 0 Å². The molecule has 3 rings (SSSR count). The van der Waals surface area contributed by atoms with Crippen LogP contribution in [0.5, 0.6) is 0 Å². The maximum Gasteiger partial charge on any atom is 0.286 e. The van der Waals surface area contributed by atoms with Crippen molar-refractivity contribution in [2.45, 2.75) is 24.7 Å². The number of hydrogen-bond acceptors (Lipinski definition) is 5. The molecule has 0 radical (unpaired) electrons. The minimum absolute atomic E-state index is 0.0927. The van der Waals surface area contributed by atoms with Crippen LogP contribution in [0.2, 0.25) is 0 Å². The fourth-order valence-electron chi connectivity index (χ4n) is 2.61. The summed E-state index contributed by atoms with van der Waals surface area (Å²) in [6.07, 6.45) is 1.19. The zero-order valence-electron chi connectivity index (χ0n) is 16.6. The van der Waals surface area contributed by atoms with E-state index in [1.807, 2.05) is 23.6 Å². The molecule has 2 amide bonds. The van der Waals surface area contributed by atoms with E-state index < -0.39 is 0 Å². The summed E-state index contributed by atoms with van der Waals surface area (Å²) < 4.78 is 0. The standard InChI is InChI=1S/C22H23N3O2S2/c1-4-15-9-11-16(12-10-15)21-23-17(14-28-21)13-20(26)24-18-7-5-6-8-19(18)29-22(27)25(2)3/h5-12,14H,4,13H2,1-3H3,(H,24,26). The molecule has 0 aliphatic rings. The number of para-hydroxylation sites is 1. The van der Waals surface area contributed by atoms with Crippen LogP contribution in [0.4, 0.5) is 10.5 Å². The molecule has 5 nitrogen and oxygen atoms in total. The molecule has 150 valence electrons. The van der Waals surface area contributed by atoms with Gasteiger partial charge in [0.1, 0.15) is 5.01 Å². The zero-order chi connectivity index (χ0) is 20.8. The van der Waals surface area contributed by atoms with Gasteiger partial charge in [0.25, 0.3) is 5.24 Å². The number of nitrogens with zero attached hydrogens (tertiary/aromatic N) is 2. The van der Waals surface area contributed by atoms with Gasteiger partial charge in [-0.15, -0.1) is 11.3 Å². The zero-order valence-corrected chi connectivity index (χ0v) is 18.3. The molecule has 0 saturated carbocycles. The van der Waals surface area contributed by atoms with E-state index >= 15 is 0 Å². The quantitative estimate of drug-likeness (QED) is 0.543. The first-order valence-corrected chi connectivity index (χ1v) is 11.0. The smallest absolute Gasteiger partial charge is 0.286 e. The van der Waals surface area contributed by atoms with Crippen LogP contribution < -0.4 is 5.32 Å². The van der Waals surface area contributed by atoms with E-state index in [2.05, 4.69) is 41.5 Å². The number of thiazole rings is 1. The first kappa shape index (κ1) is 21.1. The highest BCUT2D eigenvalue weighted by Crippen LogP contribution is 2.29. The molecule has 0 saturated heterocycles. The Morgan fingerprint density at radius 2 is 1.83 bits per heavy atom. The lowest BCUT2D eigenvalue weighted by Gasteiger charge is -2.12. The molecule has 0 spiro atoms. The number of carbonyl (C=O) groups is 2. The van der Waals surface area contributed by atoms with Gasteiger partial charge < -0.3 is 10.2 Å². The summed E-state index contributed by atoms with van der Waals surface area (Å²) in [7, 11) is 3.40. The molecule has 0 fully saturated rings. The van der Waals surface area contributed by atoms with Crippen molar-refractivity contribution >= 4 is 39.9 Å². The highest BCUT2D eigenvalue weighted by atomic mass is 32.2. The number of aromatic nitrogens is 1. The van der Waals surface area contributed by atoms with Gasteiger partial charge in [-0.05, 0) is 35.9 Å². The Labute approximate surface area is 179 Å². The number of aryl methyl sites for hydroxylation is 1. The summed E-state index contributed by atoms with van der Waals surface area (Å²) in [5.41, 5.74) is 3.71. The molecule has 0 unspecified atom stereocenters. The number of benzene rings is 2. The second kappa shape index (κ2) is 9.71. The largest absolute Gasteiger partial charge is 0.339 e. The van der Waals surface area contributed by atoms with Crippen molar-refractivity contribution in [2.24, 2.45) is 0 Å².